The number of fused-ring (bicyclic) bond motifs is 1. The van der Waals surface area contributed by atoms with Gasteiger partial charge in [-0.1, -0.05) is 23.7 Å². The van der Waals surface area contributed by atoms with Gasteiger partial charge in [0.2, 0.25) is 0 Å². The lowest BCUT2D eigenvalue weighted by molar-refractivity contribution is 0.0159. The summed E-state index contributed by atoms with van der Waals surface area (Å²) < 4.78 is 32.8. The van der Waals surface area contributed by atoms with Crippen LogP contribution >= 0.6 is 11.6 Å². The van der Waals surface area contributed by atoms with E-state index in [2.05, 4.69) is 15.2 Å². The molecule has 0 saturated carbocycles. The van der Waals surface area contributed by atoms with Crippen LogP contribution in [0.25, 0.3) is 10.9 Å². The maximum atomic E-state index is 14.3. The third-order valence-electron chi connectivity index (χ3n) is 5.18. The molecule has 180 valence electrons. The van der Waals surface area contributed by atoms with Crippen LogP contribution in [0.4, 0.5) is 4.39 Å². The van der Waals surface area contributed by atoms with Gasteiger partial charge in [-0.3, -0.25) is 0 Å². The Bertz CT molecular complexity index is 965. The molecule has 1 heterocycles. The standard InChI is InChI=1S/C25H33ClFN3O3/c1-28-7-10-31-12-14-33-15-13-32-11-8-29-18-21-16-23(27)17-25-24(21)6-9-30(25)19-20-2-4-22(26)5-3-20/h2-6,9,16-17,28-29H,7-8,10-15,18-19H2,1H3. The van der Waals surface area contributed by atoms with Gasteiger partial charge in [0.25, 0.3) is 0 Å². The van der Waals surface area contributed by atoms with Gasteiger partial charge in [-0.15, -0.1) is 0 Å². The molecule has 33 heavy (non-hydrogen) atoms. The van der Waals surface area contributed by atoms with E-state index in [1.165, 1.54) is 0 Å². The number of halogens is 2. The molecule has 6 nitrogen and oxygen atoms in total. The van der Waals surface area contributed by atoms with E-state index in [1.807, 2.05) is 43.6 Å². The summed E-state index contributed by atoms with van der Waals surface area (Å²) in [5, 5.41) is 8.11. The summed E-state index contributed by atoms with van der Waals surface area (Å²) in [5.74, 6) is -0.237. The molecule has 0 aliphatic carbocycles. The van der Waals surface area contributed by atoms with Crippen molar-refractivity contribution in [2.24, 2.45) is 0 Å². The molecule has 3 aromatic rings. The molecule has 2 N–H and O–H groups in total. The SMILES string of the molecule is CNCCOCCOCCOCCNCc1cc(F)cc2c1ccn2Cc1ccc(Cl)cc1. The molecule has 0 aliphatic rings. The first kappa shape index (κ1) is 25.6. The number of rotatable bonds is 16. The Labute approximate surface area is 200 Å². The van der Waals surface area contributed by atoms with Crippen LogP contribution in [0.5, 0.6) is 0 Å². The topological polar surface area (TPSA) is 56.7 Å². The summed E-state index contributed by atoms with van der Waals surface area (Å²) in [6, 6.07) is 12.9. The van der Waals surface area contributed by atoms with Gasteiger partial charge in [0.1, 0.15) is 5.82 Å². The monoisotopic (exact) mass is 477 g/mol. The van der Waals surface area contributed by atoms with Gasteiger partial charge < -0.3 is 29.4 Å². The zero-order chi connectivity index (χ0) is 23.3. The number of likely N-dealkylation sites (N-methyl/N-ethyl adjacent to an activating group) is 1. The van der Waals surface area contributed by atoms with Crippen LogP contribution in [0, 0.1) is 5.82 Å². The zero-order valence-corrected chi connectivity index (χ0v) is 19.9. The molecular formula is C25H33ClFN3O3. The quantitative estimate of drug-likeness (QED) is 0.307. The first-order valence-corrected chi connectivity index (χ1v) is 11.7. The van der Waals surface area contributed by atoms with Gasteiger partial charge in [-0.05, 0) is 48.5 Å². The largest absolute Gasteiger partial charge is 0.378 e. The van der Waals surface area contributed by atoms with Crippen molar-refractivity contribution >= 4 is 22.5 Å². The summed E-state index contributed by atoms with van der Waals surface area (Å²) in [5.41, 5.74) is 2.93. The summed E-state index contributed by atoms with van der Waals surface area (Å²) in [7, 11) is 1.89. The predicted octanol–water partition coefficient (Wildman–Crippen LogP) is 3.84. The molecule has 0 radical (unpaired) electrons. The average molecular weight is 478 g/mol. The minimum Gasteiger partial charge on any atom is -0.378 e. The molecule has 0 spiro atoms. The zero-order valence-electron chi connectivity index (χ0n) is 19.1. The number of aromatic nitrogens is 1. The number of ether oxygens (including phenoxy) is 3. The minimum atomic E-state index is -0.237. The second-order valence-corrected chi connectivity index (χ2v) is 8.12. The fraction of sp³-hybridized carbons (Fsp3) is 0.440. The molecule has 1 aromatic heterocycles. The third kappa shape index (κ3) is 8.70. The van der Waals surface area contributed by atoms with Gasteiger partial charge in [-0.2, -0.15) is 0 Å². The highest BCUT2D eigenvalue weighted by Crippen LogP contribution is 2.23. The highest BCUT2D eigenvalue weighted by Gasteiger charge is 2.09. The first-order chi connectivity index (χ1) is 16.2. The van der Waals surface area contributed by atoms with E-state index in [-0.39, 0.29) is 5.82 Å². The Morgan fingerprint density at radius 3 is 2.24 bits per heavy atom. The second kappa shape index (κ2) is 14.3. The molecular weight excluding hydrogens is 445 g/mol. The van der Waals surface area contributed by atoms with Crippen molar-refractivity contribution in [3.8, 4) is 0 Å². The predicted molar refractivity (Wildman–Crippen MR) is 131 cm³/mol. The average Bonchev–Trinajstić information content (AvgIpc) is 3.20. The number of nitrogens with zero attached hydrogens (tertiary/aromatic N) is 1. The molecule has 0 amide bonds. The van der Waals surface area contributed by atoms with E-state index in [9.17, 15) is 4.39 Å². The minimum absolute atomic E-state index is 0.237. The molecule has 0 unspecified atom stereocenters. The van der Waals surface area contributed by atoms with E-state index < -0.39 is 0 Å². The summed E-state index contributed by atoms with van der Waals surface area (Å²) in [4.78, 5) is 0. The summed E-state index contributed by atoms with van der Waals surface area (Å²) in [6.07, 6.45) is 2.00. The highest BCUT2D eigenvalue weighted by molar-refractivity contribution is 6.30. The van der Waals surface area contributed by atoms with Crippen molar-refractivity contribution in [3.05, 3.63) is 70.6 Å². The Hall–Kier alpha value is -2.00. The number of nitrogens with one attached hydrogen (secondary N) is 2. The number of hydrogen-bond acceptors (Lipinski definition) is 5. The fourth-order valence-electron chi connectivity index (χ4n) is 3.49. The van der Waals surface area contributed by atoms with Crippen LogP contribution in [0.3, 0.4) is 0 Å². The van der Waals surface area contributed by atoms with Crippen LogP contribution in [0.1, 0.15) is 11.1 Å². The summed E-state index contributed by atoms with van der Waals surface area (Å²) in [6.45, 7) is 6.24. The summed E-state index contributed by atoms with van der Waals surface area (Å²) >= 11 is 5.97. The smallest absolute Gasteiger partial charge is 0.125 e. The van der Waals surface area contributed by atoms with E-state index >= 15 is 0 Å². The normalized spacial score (nSPS) is 11.5. The van der Waals surface area contributed by atoms with Crippen LogP contribution in [0.15, 0.2) is 48.7 Å². The Morgan fingerprint density at radius 2 is 1.55 bits per heavy atom. The third-order valence-corrected chi connectivity index (χ3v) is 5.44. The van der Waals surface area contributed by atoms with Crippen LogP contribution in [-0.2, 0) is 27.3 Å². The molecule has 8 heteroatoms. The number of hydrogen-bond donors (Lipinski definition) is 2. The van der Waals surface area contributed by atoms with Crippen molar-refractivity contribution in [2.45, 2.75) is 13.1 Å². The molecule has 3 rings (SSSR count). The van der Waals surface area contributed by atoms with Gasteiger partial charge in [-0.25, -0.2) is 4.39 Å². The van der Waals surface area contributed by atoms with Crippen LogP contribution in [0.2, 0.25) is 5.02 Å². The van der Waals surface area contributed by atoms with Crippen molar-refractivity contribution in [1.82, 2.24) is 15.2 Å². The Morgan fingerprint density at radius 1 is 0.879 bits per heavy atom. The van der Waals surface area contributed by atoms with Crippen molar-refractivity contribution in [2.75, 3.05) is 59.8 Å². The molecule has 0 aliphatic heterocycles. The molecule has 0 saturated heterocycles. The number of benzene rings is 2. The van der Waals surface area contributed by atoms with Gasteiger partial charge >= 0.3 is 0 Å². The van der Waals surface area contributed by atoms with Crippen molar-refractivity contribution in [3.63, 3.8) is 0 Å². The van der Waals surface area contributed by atoms with E-state index in [0.717, 1.165) is 28.6 Å². The van der Waals surface area contributed by atoms with Crippen molar-refractivity contribution in [1.29, 1.82) is 0 Å². The molecule has 0 atom stereocenters. The molecule has 0 fully saturated rings. The van der Waals surface area contributed by atoms with Crippen molar-refractivity contribution < 1.29 is 18.6 Å². The van der Waals surface area contributed by atoms with Gasteiger partial charge in [0.05, 0.1) is 45.2 Å². The van der Waals surface area contributed by atoms with Crippen LogP contribution < -0.4 is 10.6 Å². The molecule has 0 bridgehead atoms. The van der Waals surface area contributed by atoms with Crippen LogP contribution in [-0.4, -0.2) is 64.3 Å². The second-order valence-electron chi connectivity index (χ2n) is 7.69. The lowest BCUT2D eigenvalue weighted by Gasteiger charge is -2.10. The Balaban J connectivity index is 1.37. The maximum absolute atomic E-state index is 14.3. The highest BCUT2D eigenvalue weighted by atomic mass is 35.5. The lowest BCUT2D eigenvalue weighted by Crippen LogP contribution is -2.21. The fourth-order valence-corrected chi connectivity index (χ4v) is 3.61. The van der Waals surface area contributed by atoms with E-state index in [4.69, 9.17) is 25.8 Å². The van der Waals surface area contributed by atoms with E-state index in [1.54, 1.807) is 12.1 Å². The Kier molecular flexibility index (Phi) is 11.1. The van der Waals surface area contributed by atoms with Gasteiger partial charge in [0.15, 0.2) is 0 Å². The van der Waals surface area contributed by atoms with Gasteiger partial charge in [0, 0.05) is 42.8 Å². The maximum Gasteiger partial charge on any atom is 0.125 e. The first-order valence-electron chi connectivity index (χ1n) is 11.3. The molecule has 2 aromatic carbocycles. The lowest BCUT2D eigenvalue weighted by atomic mass is 10.1. The van der Waals surface area contributed by atoms with E-state index in [0.29, 0.717) is 64.3 Å².